The van der Waals surface area contributed by atoms with Gasteiger partial charge in [0.15, 0.2) is 0 Å². The highest BCUT2D eigenvalue weighted by atomic mass is 16.1. The fourth-order valence-corrected chi connectivity index (χ4v) is 1.10. The largest absolute Gasteiger partial charge is 0.298 e. The van der Waals surface area contributed by atoms with E-state index in [4.69, 9.17) is 0 Å². The van der Waals surface area contributed by atoms with Gasteiger partial charge in [-0.1, -0.05) is 20.8 Å². The van der Waals surface area contributed by atoms with Crippen LogP contribution in [-0.4, -0.2) is 30.3 Å². The summed E-state index contributed by atoms with van der Waals surface area (Å²) in [7, 11) is 2.02. The summed E-state index contributed by atoms with van der Waals surface area (Å²) in [5.41, 5.74) is 0. The summed E-state index contributed by atoms with van der Waals surface area (Å²) in [5.74, 6) is 0.580. The molecule has 0 amide bonds. The number of carbonyl (C=O) groups excluding carboxylic acids is 1. The predicted octanol–water partition coefficient (Wildman–Crippen LogP) is 2.33. The molecule has 0 aromatic rings. The third kappa shape index (κ3) is 4.41. The quantitative estimate of drug-likeness (QED) is 0.633. The maximum Gasteiger partial charge on any atom is 0.149 e. The number of ketones is 1. The number of Topliss-reactive ketones (excluding diaryl/α,β-unsaturated/α-hetero) is 1. The molecule has 0 saturated heterocycles. The van der Waals surface area contributed by atoms with E-state index in [2.05, 4.69) is 25.7 Å². The first kappa shape index (κ1) is 12.6. The highest BCUT2D eigenvalue weighted by molar-refractivity contribution is 5.82. The van der Waals surface area contributed by atoms with Gasteiger partial charge in [-0.2, -0.15) is 0 Å². The Bertz CT molecular complexity index is 156. The molecule has 78 valence electrons. The van der Waals surface area contributed by atoms with Crippen LogP contribution in [0.25, 0.3) is 0 Å². The van der Waals surface area contributed by atoms with E-state index >= 15 is 0 Å². The second-order valence-electron chi connectivity index (χ2n) is 3.95. The van der Waals surface area contributed by atoms with Gasteiger partial charge in [0.2, 0.25) is 0 Å². The third-order valence-electron chi connectivity index (χ3n) is 2.91. The molecule has 2 nitrogen and oxygen atoms in total. The van der Waals surface area contributed by atoms with Crippen LogP contribution in [0.15, 0.2) is 0 Å². The zero-order valence-corrected chi connectivity index (χ0v) is 9.63. The van der Waals surface area contributed by atoms with E-state index < -0.39 is 0 Å². The normalized spacial score (nSPS) is 15.8. The summed E-state index contributed by atoms with van der Waals surface area (Å²) in [6, 6.07) is 0.507. The molecular formula is C11H23NO. The monoisotopic (exact) mass is 185 g/mol. The van der Waals surface area contributed by atoms with Gasteiger partial charge in [0.25, 0.3) is 0 Å². The number of hydrogen-bond donors (Lipinski definition) is 0. The van der Waals surface area contributed by atoms with Crippen LogP contribution in [0.1, 0.15) is 40.5 Å². The van der Waals surface area contributed by atoms with Crippen molar-refractivity contribution in [2.24, 2.45) is 5.92 Å². The molecule has 0 aliphatic rings. The Hall–Kier alpha value is -0.370. The van der Waals surface area contributed by atoms with Gasteiger partial charge >= 0.3 is 0 Å². The fraction of sp³-hybridized carbons (Fsp3) is 0.909. The van der Waals surface area contributed by atoms with E-state index in [9.17, 15) is 4.79 Å². The zero-order chi connectivity index (χ0) is 10.4. The van der Waals surface area contributed by atoms with Gasteiger partial charge in [0.1, 0.15) is 5.78 Å². The van der Waals surface area contributed by atoms with Crippen molar-refractivity contribution < 1.29 is 4.79 Å². The van der Waals surface area contributed by atoms with Gasteiger partial charge in [-0.15, -0.1) is 0 Å². The smallest absolute Gasteiger partial charge is 0.149 e. The second-order valence-corrected chi connectivity index (χ2v) is 3.95. The van der Waals surface area contributed by atoms with Crippen molar-refractivity contribution in [3.8, 4) is 0 Å². The molecule has 2 unspecified atom stereocenters. The van der Waals surface area contributed by atoms with E-state index in [-0.39, 0.29) is 5.92 Å². The lowest BCUT2D eigenvalue weighted by Gasteiger charge is -2.23. The lowest BCUT2D eigenvalue weighted by molar-refractivity contribution is -0.123. The Labute approximate surface area is 82.3 Å². The minimum Gasteiger partial charge on any atom is -0.298 e. The van der Waals surface area contributed by atoms with Crippen LogP contribution in [0, 0.1) is 5.92 Å². The van der Waals surface area contributed by atoms with Crippen molar-refractivity contribution in [3.63, 3.8) is 0 Å². The highest BCUT2D eigenvalue weighted by Crippen LogP contribution is 2.06. The fourth-order valence-electron chi connectivity index (χ4n) is 1.10. The van der Waals surface area contributed by atoms with Gasteiger partial charge < -0.3 is 0 Å². The Morgan fingerprint density at radius 2 is 1.77 bits per heavy atom. The first-order valence-corrected chi connectivity index (χ1v) is 5.25. The van der Waals surface area contributed by atoms with E-state index in [1.807, 2.05) is 14.0 Å². The van der Waals surface area contributed by atoms with Crippen LogP contribution in [0.2, 0.25) is 0 Å². The van der Waals surface area contributed by atoms with Crippen LogP contribution < -0.4 is 0 Å². The molecule has 0 saturated carbocycles. The molecule has 2 atom stereocenters. The standard InChI is InChI=1S/C11H23NO/c1-6-9(3)11(13)8-12(5)10(4)7-2/h9-10H,6-8H2,1-5H3. The van der Waals surface area contributed by atoms with Crippen LogP contribution in [0.5, 0.6) is 0 Å². The number of carbonyl (C=O) groups is 1. The molecule has 2 heteroatoms. The summed E-state index contributed by atoms with van der Waals surface area (Å²) < 4.78 is 0. The lowest BCUT2D eigenvalue weighted by Crippen LogP contribution is -2.35. The molecule has 13 heavy (non-hydrogen) atoms. The Kier molecular flexibility index (Phi) is 5.97. The first-order chi connectivity index (χ1) is 6.02. The van der Waals surface area contributed by atoms with Crippen molar-refractivity contribution in [1.29, 1.82) is 0 Å². The van der Waals surface area contributed by atoms with E-state index in [0.717, 1.165) is 12.8 Å². The Morgan fingerprint density at radius 3 is 2.15 bits per heavy atom. The van der Waals surface area contributed by atoms with Crippen LogP contribution in [0.4, 0.5) is 0 Å². The summed E-state index contributed by atoms with van der Waals surface area (Å²) in [4.78, 5) is 13.7. The maximum atomic E-state index is 11.6. The van der Waals surface area contributed by atoms with Crippen LogP contribution in [-0.2, 0) is 4.79 Å². The van der Waals surface area contributed by atoms with Gasteiger partial charge in [0, 0.05) is 12.0 Å². The van der Waals surface area contributed by atoms with Crippen LogP contribution >= 0.6 is 0 Å². The summed E-state index contributed by atoms with van der Waals surface area (Å²) in [5, 5.41) is 0. The van der Waals surface area contributed by atoms with Crippen molar-refractivity contribution in [2.75, 3.05) is 13.6 Å². The molecule has 0 rings (SSSR count). The number of hydrogen-bond acceptors (Lipinski definition) is 2. The van der Waals surface area contributed by atoms with Gasteiger partial charge in [-0.05, 0) is 26.8 Å². The molecule has 0 aliphatic carbocycles. The average molecular weight is 185 g/mol. The molecule has 0 aromatic carbocycles. The van der Waals surface area contributed by atoms with Crippen molar-refractivity contribution in [3.05, 3.63) is 0 Å². The zero-order valence-electron chi connectivity index (χ0n) is 9.63. The van der Waals surface area contributed by atoms with Gasteiger partial charge in [0.05, 0.1) is 6.54 Å². The third-order valence-corrected chi connectivity index (χ3v) is 2.91. The predicted molar refractivity (Wildman–Crippen MR) is 56.8 cm³/mol. The second kappa shape index (κ2) is 6.14. The topological polar surface area (TPSA) is 20.3 Å². The highest BCUT2D eigenvalue weighted by Gasteiger charge is 2.15. The minimum atomic E-state index is 0.214. The van der Waals surface area contributed by atoms with E-state index in [1.54, 1.807) is 0 Å². The molecule has 0 aliphatic heterocycles. The van der Waals surface area contributed by atoms with Crippen molar-refractivity contribution in [1.82, 2.24) is 4.90 Å². The molecule has 0 aromatic heterocycles. The van der Waals surface area contributed by atoms with E-state index in [1.165, 1.54) is 0 Å². The number of likely N-dealkylation sites (N-methyl/N-ethyl adjacent to an activating group) is 1. The number of rotatable bonds is 6. The Balaban J connectivity index is 3.91. The van der Waals surface area contributed by atoms with Gasteiger partial charge in [-0.3, -0.25) is 9.69 Å². The summed E-state index contributed by atoms with van der Waals surface area (Å²) in [6.45, 7) is 8.97. The molecule has 0 spiro atoms. The summed E-state index contributed by atoms with van der Waals surface area (Å²) in [6.07, 6.45) is 2.05. The minimum absolute atomic E-state index is 0.214. The molecule has 0 bridgehead atoms. The Morgan fingerprint density at radius 1 is 1.23 bits per heavy atom. The molecular weight excluding hydrogens is 162 g/mol. The van der Waals surface area contributed by atoms with Gasteiger partial charge in [-0.25, -0.2) is 0 Å². The molecule has 0 radical (unpaired) electrons. The molecule has 0 fully saturated rings. The van der Waals surface area contributed by atoms with Crippen LogP contribution in [0.3, 0.4) is 0 Å². The number of nitrogens with zero attached hydrogens (tertiary/aromatic N) is 1. The average Bonchev–Trinajstić information content (AvgIpc) is 2.14. The summed E-state index contributed by atoms with van der Waals surface area (Å²) >= 11 is 0. The first-order valence-electron chi connectivity index (χ1n) is 5.25. The van der Waals surface area contributed by atoms with Crippen molar-refractivity contribution >= 4 is 5.78 Å². The molecule has 0 N–H and O–H groups in total. The van der Waals surface area contributed by atoms with E-state index in [0.29, 0.717) is 18.4 Å². The lowest BCUT2D eigenvalue weighted by atomic mass is 10.0. The van der Waals surface area contributed by atoms with Crippen molar-refractivity contribution in [2.45, 2.75) is 46.6 Å². The molecule has 0 heterocycles. The SMILES string of the molecule is CCC(C)C(=O)CN(C)C(C)CC. The maximum absolute atomic E-state index is 11.6.